The second-order valence-electron chi connectivity index (χ2n) is 5.50. The fourth-order valence-corrected chi connectivity index (χ4v) is 3.77. The number of aromatic nitrogens is 1. The predicted molar refractivity (Wildman–Crippen MR) is 95.3 cm³/mol. The van der Waals surface area contributed by atoms with Gasteiger partial charge in [0.05, 0.1) is 17.0 Å². The molecule has 0 radical (unpaired) electrons. The lowest BCUT2D eigenvalue weighted by atomic mass is 10.0. The Morgan fingerprint density at radius 1 is 1.17 bits per heavy atom. The molecule has 118 valence electrons. The van der Waals surface area contributed by atoms with Crippen LogP contribution >= 0.6 is 22.7 Å². The summed E-state index contributed by atoms with van der Waals surface area (Å²) in [5.74, 6) is 0.754. The highest BCUT2D eigenvalue weighted by atomic mass is 32.1. The normalized spacial score (nSPS) is 10.9. The van der Waals surface area contributed by atoms with Crippen molar-refractivity contribution >= 4 is 28.6 Å². The van der Waals surface area contributed by atoms with Crippen LogP contribution in [-0.2, 0) is 11.2 Å². The molecular formula is C18H17NO2S2. The van der Waals surface area contributed by atoms with Crippen molar-refractivity contribution in [3.05, 3.63) is 58.4 Å². The third-order valence-electron chi connectivity index (χ3n) is 3.39. The van der Waals surface area contributed by atoms with Crippen molar-refractivity contribution < 1.29 is 9.53 Å². The molecule has 23 heavy (non-hydrogen) atoms. The number of carbonyl (C=O) groups is 1. The molecule has 2 aromatic heterocycles. The largest absolute Gasteiger partial charge is 0.426 e. The van der Waals surface area contributed by atoms with Crippen molar-refractivity contribution in [2.24, 2.45) is 0 Å². The minimum atomic E-state index is -0.287. The van der Waals surface area contributed by atoms with Crippen molar-refractivity contribution in [1.82, 2.24) is 4.98 Å². The zero-order valence-electron chi connectivity index (χ0n) is 13.0. The van der Waals surface area contributed by atoms with E-state index in [2.05, 4.69) is 18.8 Å². The highest BCUT2D eigenvalue weighted by Crippen LogP contribution is 2.28. The molecule has 5 heteroatoms. The van der Waals surface area contributed by atoms with E-state index >= 15 is 0 Å². The van der Waals surface area contributed by atoms with Crippen molar-refractivity contribution in [3.8, 4) is 15.6 Å². The number of esters is 1. The summed E-state index contributed by atoms with van der Waals surface area (Å²) in [4.78, 5) is 17.7. The number of rotatable bonds is 5. The van der Waals surface area contributed by atoms with E-state index in [-0.39, 0.29) is 12.4 Å². The second kappa shape index (κ2) is 7.06. The van der Waals surface area contributed by atoms with Gasteiger partial charge in [0, 0.05) is 5.38 Å². The van der Waals surface area contributed by atoms with Gasteiger partial charge in [-0.3, -0.25) is 4.79 Å². The van der Waals surface area contributed by atoms with E-state index in [1.807, 2.05) is 47.2 Å². The van der Waals surface area contributed by atoms with E-state index in [0.29, 0.717) is 11.7 Å². The van der Waals surface area contributed by atoms with Gasteiger partial charge in [-0.15, -0.1) is 22.7 Å². The van der Waals surface area contributed by atoms with Crippen LogP contribution in [0.3, 0.4) is 0 Å². The number of thiazole rings is 1. The highest BCUT2D eigenvalue weighted by Gasteiger charge is 2.11. The van der Waals surface area contributed by atoms with Crippen molar-refractivity contribution in [2.45, 2.75) is 26.2 Å². The quantitative estimate of drug-likeness (QED) is 0.475. The first kappa shape index (κ1) is 15.9. The van der Waals surface area contributed by atoms with Crippen molar-refractivity contribution in [3.63, 3.8) is 0 Å². The minimum Gasteiger partial charge on any atom is -0.426 e. The molecule has 0 saturated carbocycles. The van der Waals surface area contributed by atoms with Crippen LogP contribution < -0.4 is 4.74 Å². The van der Waals surface area contributed by atoms with E-state index in [4.69, 9.17) is 4.74 Å². The first-order valence-corrected chi connectivity index (χ1v) is 9.16. The minimum absolute atomic E-state index is 0.188. The molecule has 0 unspecified atom stereocenters. The monoisotopic (exact) mass is 343 g/mol. The molecule has 0 N–H and O–H groups in total. The maximum Gasteiger partial charge on any atom is 0.317 e. The maximum absolute atomic E-state index is 12.0. The van der Waals surface area contributed by atoms with Gasteiger partial charge in [0.25, 0.3) is 0 Å². The van der Waals surface area contributed by atoms with Gasteiger partial charge in [-0.2, -0.15) is 0 Å². The average molecular weight is 343 g/mol. The Hall–Kier alpha value is -1.98. The summed E-state index contributed by atoms with van der Waals surface area (Å²) in [6.45, 7) is 4.27. The van der Waals surface area contributed by atoms with Crippen LogP contribution in [0.5, 0.6) is 5.75 Å². The van der Waals surface area contributed by atoms with Crippen LogP contribution in [0.4, 0.5) is 0 Å². The molecule has 0 fully saturated rings. The van der Waals surface area contributed by atoms with Gasteiger partial charge >= 0.3 is 5.97 Å². The molecule has 3 rings (SSSR count). The summed E-state index contributed by atoms with van der Waals surface area (Å²) in [7, 11) is 0. The van der Waals surface area contributed by atoms with Gasteiger partial charge in [-0.1, -0.05) is 32.0 Å². The van der Waals surface area contributed by atoms with Gasteiger partial charge in [0.1, 0.15) is 10.8 Å². The lowest BCUT2D eigenvalue weighted by Crippen LogP contribution is -2.11. The molecule has 0 aliphatic heterocycles. The first-order chi connectivity index (χ1) is 11.1. The van der Waals surface area contributed by atoms with Gasteiger partial charge in [0.2, 0.25) is 0 Å². The summed E-state index contributed by atoms with van der Waals surface area (Å²) in [6, 6.07) is 11.7. The Morgan fingerprint density at radius 2 is 1.96 bits per heavy atom. The summed E-state index contributed by atoms with van der Waals surface area (Å²) in [5, 5.41) is 4.88. The third kappa shape index (κ3) is 4.06. The lowest BCUT2D eigenvalue weighted by Gasteiger charge is -2.07. The van der Waals surface area contributed by atoms with Crippen LogP contribution in [0.15, 0.2) is 47.2 Å². The molecule has 1 aromatic carbocycles. The molecule has 0 bridgehead atoms. The van der Waals surface area contributed by atoms with Gasteiger partial charge < -0.3 is 4.74 Å². The smallest absolute Gasteiger partial charge is 0.317 e. The van der Waals surface area contributed by atoms with Crippen LogP contribution in [0, 0.1) is 0 Å². The fourth-order valence-electron chi connectivity index (χ4n) is 2.14. The number of benzene rings is 1. The summed E-state index contributed by atoms with van der Waals surface area (Å²) < 4.78 is 5.38. The number of ether oxygens (including phenoxy) is 1. The molecule has 0 atom stereocenters. The molecule has 0 aliphatic rings. The SMILES string of the molecule is CC(C)c1ccc(OC(=O)Cc2csc(-c3cccs3)n2)cc1. The summed E-state index contributed by atoms with van der Waals surface area (Å²) in [5.41, 5.74) is 1.98. The molecule has 0 aliphatic carbocycles. The van der Waals surface area contributed by atoms with Crippen molar-refractivity contribution in [1.29, 1.82) is 0 Å². The number of thiophene rings is 1. The van der Waals surface area contributed by atoms with E-state index in [1.54, 1.807) is 22.7 Å². The Morgan fingerprint density at radius 3 is 2.61 bits per heavy atom. The Balaban J connectivity index is 1.61. The van der Waals surface area contributed by atoms with Crippen LogP contribution in [0.25, 0.3) is 9.88 Å². The molecule has 2 heterocycles. The molecular weight excluding hydrogens is 326 g/mol. The van der Waals surface area contributed by atoms with Gasteiger partial charge in [0.15, 0.2) is 0 Å². The predicted octanol–water partition coefficient (Wildman–Crippen LogP) is 5.14. The number of hydrogen-bond donors (Lipinski definition) is 0. The topological polar surface area (TPSA) is 39.2 Å². The second-order valence-corrected chi connectivity index (χ2v) is 7.30. The van der Waals surface area contributed by atoms with E-state index in [1.165, 1.54) is 5.56 Å². The summed E-state index contributed by atoms with van der Waals surface area (Å²) >= 11 is 3.20. The standard InChI is InChI=1S/C18H17NO2S2/c1-12(2)13-5-7-15(8-6-13)21-17(20)10-14-11-23-18(19-14)16-4-3-9-22-16/h3-9,11-12H,10H2,1-2H3. The molecule has 0 amide bonds. The molecule has 0 saturated heterocycles. The van der Waals surface area contributed by atoms with Gasteiger partial charge in [-0.25, -0.2) is 4.98 Å². The Kier molecular flexibility index (Phi) is 4.88. The molecule has 0 spiro atoms. The lowest BCUT2D eigenvalue weighted by molar-refractivity contribution is -0.133. The molecule has 3 nitrogen and oxygen atoms in total. The van der Waals surface area contributed by atoms with E-state index < -0.39 is 0 Å². The Labute approximate surface area is 143 Å². The number of carbonyl (C=O) groups excluding carboxylic acids is 1. The van der Waals surface area contributed by atoms with Crippen molar-refractivity contribution in [2.75, 3.05) is 0 Å². The fraction of sp³-hybridized carbons (Fsp3) is 0.222. The highest BCUT2D eigenvalue weighted by molar-refractivity contribution is 7.20. The van der Waals surface area contributed by atoms with Gasteiger partial charge in [-0.05, 0) is 35.1 Å². The van der Waals surface area contributed by atoms with Crippen LogP contribution in [0.2, 0.25) is 0 Å². The van der Waals surface area contributed by atoms with E-state index in [0.717, 1.165) is 15.6 Å². The zero-order valence-corrected chi connectivity index (χ0v) is 14.6. The van der Waals surface area contributed by atoms with Crippen LogP contribution in [0.1, 0.15) is 31.0 Å². The van der Waals surface area contributed by atoms with E-state index in [9.17, 15) is 4.79 Å². The Bertz CT molecular complexity index is 774. The number of hydrogen-bond acceptors (Lipinski definition) is 5. The third-order valence-corrected chi connectivity index (χ3v) is 5.32. The number of nitrogens with zero attached hydrogens (tertiary/aromatic N) is 1. The zero-order chi connectivity index (χ0) is 16.2. The first-order valence-electron chi connectivity index (χ1n) is 7.41. The summed E-state index contributed by atoms with van der Waals surface area (Å²) in [6.07, 6.45) is 0.188. The van der Waals surface area contributed by atoms with Crippen LogP contribution in [-0.4, -0.2) is 11.0 Å². The molecule has 3 aromatic rings. The average Bonchev–Trinajstić information content (AvgIpc) is 3.18. The maximum atomic E-state index is 12.0.